The van der Waals surface area contributed by atoms with Gasteiger partial charge in [0.15, 0.2) is 0 Å². The number of hydrogen-bond donors (Lipinski definition) is 1. The molecule has 20 heavy (non-hydrogen) atoms. The van der Waals surface area contributed by atoms with Gasteiger partial charge in [0.25, 0.3) is 10.2 Å². The van der Waals surface area contributed by atoms with Gasteiger partial charge < -0.3 is 5.32 Å². The summed E-state index contributed by atoms with van der Waals surface area (Å²) >= 11 is 0. The van der Waals surface area contributed by atoms with Crippen molar-refractivity contribution in [2.24, 2.45) is 0 Å². The van der Waals surface area contributed by atoms with Crippen molar-refractivity contribution in [3.63, 3.8) is 0 Å². The van der Waals surface area contributed by atoms with Crippen LogP contribution >= 0.6 is 0 Å². The van der Waals surface area contributed by atoms with Crippen LogP contribution in [0, 0.1) is 0 Å². The summed E-state index contributed by atoms with van der Waals surface area (Å²) in [5, 5.41) is 3.39. The second-order valence-electron chi connectivity index (χ2n) is 5.69. The molecule has 0 bridgehead atoms. The molecule has 0 aliphatic carbocycles. The molecule has 6 heteroatoms. The number of nitrogens with zero attached hydrogens (tertiary/aromatic N) is 2. The van der Waals surface area contributed by atoms with Gasteiger partial charge in [0.1, 0.15) is 0 Å². The summed E-state index contributed by atoms with van der Waals surface area (Å²) in [4.78, 5) is 0. The zero-order chi connectivity index (χ0) is 15.0. The maximum atomic E-state index is 12.7. The van der Waals surface area contributed by atoms with Gasteiger partial charge in [-0.05, 0) is 32.2 Å². The molecule has 1 fully saturated rings. The number of nitrogens with one attached hydrogen (secondary N) is 1. The SMILES string of the molecule is CCCCN(C)S(=O)(=O)N(CCCC)CC1CCCN1. The predicted octanol–water partition coefficient (Wildman–Crippen LogP) is 1.82. The molecule has 0 saturated carbocycles. The lowest BCUT2D eigenvalue weighted by molar-refractivity contribution is 0.328. The number of unbranched alkanes of at least 4 members (excludes halogenated alkanes) is 2. The minimum absolute atomic E-state index is 0.321. The fraction of sp³-hybridized carbons (Fsp3) is 1.00. The average Bonchev–Trinajstić information content (AvgIpc) is 2.93. The molecular formula is C14H31N3O2S. The van der Waals surface area contributed by atoms with Gasteiger partial charge in [-0.25, -0.2) is 0 Å². The minimum atomic E-state index is -3.31. The third-order valence-electron chi connectivity index (χ3n) is 3.89. The Balaban J connectivity index is 2.67. The van der Waals surface area contributed by atoms with Crippen molar-refractivity contribution in [2.45, 2.75) is 58.4 Å². The molecule has 1 N–H and O–H groups in total. The molecule has 1 aliphatic rings. The van der Waals surface area contributed by atoms with E-state index in [0.29, 0.717) is 25.7 Å². The van der Waals surface area contributed by atoms with Gasteiger partial charge in [-0.15, -0.1) is 0 Å². The first-order valence-corrected chi connectivity index (χ1v) is 9.36. The van der Waals surface area contributed by atoms with Crippen LogP contribution in [0.2, 0.25) is 0 Å². The van der Waals surface area contributed by atoms with Crippen LogP contribution in [-0.2, 0) is 10.2 Å². The van der Waals surface area contributed by atoms with E-state index in [-0.39, 0.29) is 0 Å². The van der Waals surface area contributed by atoms with Crippen LogP contribution in [0.5, 0.6) is 0 Å². The van der Waals surface area contributed by atoms with E-state index in [2.05, 4.69) is 19.2 Å². The number of rotatable bonds is 10. The van der Waals surface area contributed by atoms with Crippen LogP contribution in [0.4, 0.5) is 0 Å². The van der Waals surface area contributed by atoms with Gasteiger partial charge in [-0.3, -0.25) is 0 Å². The average molecular weight is 305 g/mol. The van der Waals surface area contributed by atoms with Gasteiger partial charge >= 0.3 is 0 Å². The summed E-state index contributed by atoms with van der Waals surface area (Å²) in [6.07, 6.45) is 6.10. The Morgan fingerprint density at radius 3 is 2.35 bits per heavy atom. The highest BCUT2D eigenvalue weighted by Crippen LogP contribution is 2.14. The van der Waals surface area contributed by atoms with E-state index in [0.717, 1.165) is 45.1 Å². The van der Waals surface area contributed by atoms with Crippen LogP contribution < -0.4 is 5.32 Å². The normalized spacial score (nSPS) is 20.1. The largest absolute Gasteiger partial charge is 0.313 e. The summed E-state index contributed by atoms with van der Waals surface area (Å²) in [6.45, 7) is 7.04. The van der Waals surface area contributed by atoms with Crippen molar-refractivity contribution in [1.82, 2.24) is 13.9 Å². The van der Waals surface area contributed by atoms with Gasteiger partial charge in [-0.2, -0.15) is 17.0 Å². The molecule has 1 saturated heterocycles. The minimum Gasteiger partial charge on any atom is -0.313 e. The zero-order valence-corrected chi connectivity index (χ0v) is 14.1. The van der Waals surface area contributed by atoms with E-state index < -0.39 is 10.2 Å². The standard InChI is InChI=1S/C14H31N3O2S/c1-4-6-11-16(3)20(18,19)17(12-7-5-2)13-14-9-8-10-15-14/h14-15H,4-13H2,1-3H3. The Kier molecular flexibility index (Phi) is 8.02. The fourth-order valence-corrected chi connectivity index (χ4v) is 3.97. The molecule has 0 radical (unpaired) electrons. The third kappa shape index (κ3) is 5.31. The molecule has 5 nitrogen and oxygen atoms in total. The van der Waals surface area contributed by atoms with E-state index in [1.807, 2.05) is 0 Å². The van der Waals surface area contributed by atoms with Crippen molar-refractivity contribution < 1.29 is 8.42 Å². The molecule has 0 aromatic rings. The van der Waals surface area contributed by atoms with E-state index in [4.69, 9.17) is 0 Å². The molecule has 1 rings (SSSR count). The Labute approximate surface area is 124 Å². The third-order valence-corrected chi connectivity index (χ3v) is 5.85. The summed E-state index contributed by atoms with van der Waals surface area (Å²) < 4.78 is 28.5. The molecular weight excluding hydrogens is 274 g/mol. The molecule has 120 valence electrons. The fourth-order valence-electron chi connectivity index (χ4n) is 2.49. The van der Waals surface area contributed by atoms with Gasteiger partial charge in [0, 0.05) is 32.7 Å². The summed E-state index contributed by atoms with van der Waals surface area (Å²) in [5.74, 6) is 0. The van der Waals surface area contributed by atoms with Crippen LogP contribution in [-0.4, -0.2) is 56.3 Å². The van der Waals surface area contributed by atoms with Crippen LogP contribution in [0.25, 0.3) is 0 Å². The molecule has 0 spiro atoms. The molecule has 1 atom stereocenters. The maximum Gasteiger partial charge on any atom is 0.281 e. The second kappa shape index (κ2) is 8.97. The summed E-state index contributed by atoms with van der Waals surface area (Å²) in [7, 11) is -1.61. The highest BCUT2D eigenvalue weighted by Gasteiger charge is 2.29. The molecule has 0 aromatic carbocycles. The van der Waals surface area contributed by atoms with Crippen molar-refractivity contribution in [3.8, 4) is 0 Å². The first kappa shape index (κ1) is 17.9. The quantitative estimate of drug-likeness (QED) is 0.670. The Bertz CT molecular complexity index is 353. The Morgan fingerprint density at radius 2 is 1.80 bits per heavy atom. The van der Waals surface area contributed by atoms with Crippen LogP contribution in [0.3, 0.4) is 0 Å². The van der Waals surface area contributed by atoms with E-state index in [1.165, 1.54) is 4.31 Å². The van der Waals surface area contributed by atoms with Crippen molar-refractivity contribution >= 4 is 10.2 Å². The molecule has 0 aromatic heterocycles. The smallest absolute Gasteiger partial charge is 0.281 e. The van der Waals surface area contributed by atoms with E-state index in [1.54, 1.807) is 11.4 Å². The first-order chi connectivity index (χ1) is 9.52. The first-order valence-electron chi connectivity index (χ1n) is 7.97. The summed E-state index contributed by atoms with van der Waals surface area (Å²) in [5.41, 5.74) is 0. The molecule has 1 unspecified atom stereocenters. The lowest BCUT2D eigenvalue weighted by Gasteiger charge is -2.29. The Hall–Kier alpha value is -0.170. The highest BCUT2D eigenvalue weighted by atomic mass is 32.2. The molecule has 0 amide bonds. The number of hydrogen-bond acceptors (Lipinski definition) is 3. The van der Waals surface area contributed by atoms with E-state index in [9.17, 15) is 8.42 Å². The van der Waals surface area contributed by atoms with Crippen molar-refractivity contribution in [3.05, 3.63) is 0 Å². The second-order valence-corrected chi connectivity index (χ2v) is 7.72. The highest BCUT2D eigenvalue weighted by molar-refractivity contribution is 7.86. The van der Waals surface area contributed by atoms with Crippen LogP contribution in [0.1, 0.15) is 52.4 Å². The van der Waals surface area contributed by atoms with Gasteiger partial charge in [0.2, 0.25) is 0 Å². The Morgan fingerprint density at radius 1 is 1.15 bits per heavy atom. The molecule has 1 aliphatic heterocycles. The monoisotopic (exact) mass is 305 g/mol. The van der Waals surface area contributed by atoms with Gasteiger partial charge in [-0.1, -0.05) is 26.7 Å². The lowest BCUT2D eigenvalue weighted by atomic mass is 10.2. The van der Waals surface area contributed by atoms with Crippen molar-refractivity contribution in [2.75, 3.05) is 33.2 Å². The summed E-state index contributed by atoms with van der Waals surface area (Å²) in [6, 6.07) is 0.321. The van der Waals surface area contributed by atoms with Crippen molar-refractivity contribution in [1.29, 1.82) is 0 Å². The maximum absolute atomic E-state index is 12.7. The topological polar surface area (TPSA) is 52.7 Å². The zero-order valence-electron chi connectivity index (χ0n) is 13.3. The van der Waals surface area contributed by atoms with Gasteiger partial charge in [0.05, 0.1) is 0 Å². The van der Waals surface area contributed by atoms with Crippen LogP contribution in [0.15, 0.2) is 0 Å². The van der Waals surface area contributed by atoms with E-state index >= 15 is 0 Å². The lowest BCUT2D eigenvalue weighted by Crippen LogP contribution is -2.47. The molecule has 1 heterocycles. The predicted molar refractivity (Wildman–Crippen MR) is 84.0 cm³/mol.